The van der Waals surface area contributed by atoms with E-state index in [1.807, 2.05) is 31.1 Å². The third kappa shape index (κ3) is 4.86. The van der Waals surface area contributed by atoms with E-state index in [9.17, 15) is 4.79 Å². The maximum atomic E-state index is 11.8. The lowest BCUT2D eigenvalue weighted by atomic mass is 10.1. The van der Waals surface area contributed by atoms with E-state index in [0.717, 1.165) is 25.2 Å². The number of carbonyl (C=O) groups is 1. The van der Waals surface area contributed by atoms with Crippen molar-refractivity contribution >= 4 is 42.2 Å². The van der Waals surface area contributed by atoms with Gasteiger partial charge in [-0.2, -0.15) is 0 Å². The highest BCUT2D eigenvalue weighted by Crippen LogP contribution is 2.14. The Morgan fingerprint density at radius 3 is 2.63 bits per heavy atom. The zero-order valence-electron chi connectivity index (χ0n) is 11.0. The molecule has 2 rings (SSSR count). The Hall–Kier alpha value is -1.04. The molecule has 0 bridgehead atoms. The van der Waals surface area contributed by atoms with Crippen LogP contribution in [-0.2, 0) is 4.79 Å². The van der Waals surface area contributed by atoms with E-state index in [1.54, 1.807) is 6.20 Å². The number of nitrogens with zero attached hydrogens (tertiary/aromatic N) is 2. The van der Waals surface area contributed by atoms with Crippen LogP contribution in [0.1, 0.15) is 6.42 Å². The molecular weight excluding hydrogens is 287 g/mol. The standard InChI is InChI=1S/C12H18N4O.2ClH/c1-16(2)10-3-4-11(14-8-10)15-12(17)9-5-6-13-7-9;;/h3-4,8-9,13H,5-7H2,1-2H3,(H,14,15,17);2*1H. The predicted octanol–water partition coefficient (Wildman–Crippen LogP) is 1.54. The second-order valence-electron chi connectivity index (χ2n) is 4.48. The zero-order valence-corrected chi connectivity index (χ0v) is 12.7. The molecule has 1 fully saturated rings. The second-order valence-corrected chi connectivity index (χ2v) is 4.48. The van der Waals surface area contributed by atoms with Crippen LogP contribution in [0.15, 0.2) is 18.3 Å². The van der Waals surface area contributed by atoms with Crippen LogP contribution in [0.2, 0.25) is 0 Å². The zero-order chi connectivity index (χ0) is 12.3. The summed E-state index contributed by atoms with van der Waals surface area (Å²) >= 11 is 0. The first-order chi connectivity index (χ1) is 8.16. The predicted molar refractivity (Wildman–Crippen MR) is 82.7 cm³/mol. The molecule has 0 spiro atoms. The van der Waals surface area contributed by atoms with Gasteiger partial charge in [0.15, 0.2) is 0 Å². The lowest BCUT2D eigenvalue weighted by Gasteiger charge is -2.13. The number of carbonyl (C=O) groups excluding carboxylic acids is 1. The molecule has 0 aromatic carbocycles. The van der Waals surface area contributed by atoms with Gasteiger partial charge in [-0.05, 0) is 25.1 Å². The van der Waals surface area contributed by atoms with Crippen LogP contribution in [-0.4, -0.2) is 38.1 Å². The Labute approximate surface area is 126 Å². The molecule has 0 saturated carbocycles. The van der Waals surface area contributed by atoms with Crippen LogP contribution in [0.25, 0.3) is 0 Å². The highest BCUT2D eigenvalue weighted by Gasteiger charge is 2.22. The van der Waals surface area contributed by atoms with Gasteiger partial charge in [-0.15, -0.1) is 24.8 Å². The lowest BCUT2D eigenvalue weighted by Crippen LogP contribution is -2.25. The SMILES string of the molecule is CN(C)c1ccc(NC(=O)C2CCNC2)nc1.Cl.Cl. The number of aromatic nitrogens is 1. The Kier molecular flexibility index (Phi) is 7.75. The average Bonchev–Trinajstić information content (AvgIpc) is 2.83. The first-order valence-electron chi connectivity index (χ1n) is 5.82. The molecule has 2 heterocycles. The fourth-order valence-electron chi connectivity index (χ4n) is 1.83. The number of hydrogen-bond acceptors (Lipinski definition) is 4. The smallest absolute Gasteiger partial charge is 0.229 e. The summed E-state index contributed by atoms with van der Waals surface area (Å²) in [5, 5.41) is 6.02. The molecule has 2 N–H and O–H groups in total. The first-order valence-corrected chi connectivity index (χ1v) is 5.82. The summed E-state index contributed by atoms with van der Waals surface area (Å²) in [4.78, 5) is 18.0. The number of rotatable bonds is 3. The summed E-state index contributed by atoms with van der Waals surface area (Å²) in [7, 11) is 3.92. The van der Waals surface area contributed by atoms with Gasteiger partial charge in [-0.25, -0.2) is 4.98 Å². The Morgan fingerprint density at radius 1 is 1.42 bits per heavy atom. The largest absolute Gasteiger partial charge is 0.376 e. The topological polar surface area (TPSA) is 57.3 Å². The maximum absolute atomic E-state index is 11.8. The van der Waals surface area contributed by atoms with Gasteiger partial charge < -0.3 is 15.5 Å². The molecule has 0 radical (unpaired) electrons. The molecular formula is C12H20Cl2N4O. The normalized spacial score (nSPS) is 17.1. The van der Waals surface area contributed by atoms with E-state index in [1.165, 1.54) is 0 Å². The molecule has 1 amide bonds. The van der Waals surface area contributed by atoms with Crippen molar-refractivity contribution in [2.45, 2.75) is 6.42 Å². The van der Waals surface area contributed by atoms with Gasteiger partial charge in [0, 0.05) is 20.6 Å². The van der Waals surface area contributed by atoms with E-state index >= 15 is 0 Å². The third-order valence-corrected chi connectivity index (χ3v) is 2.95. The van der Waals surface area contributed by atoms with Gasteiger partial charge in [0.1, 0.15) is 5.82 Å². The maximum Gasteiger partial charge on any atom is 0.229 e. The fourth-order valence-corrected chi connectivity index (χ4v) is 1.83. The molecule has 1 aromatic heterocycles. The van der Waals surface area contributed by atoms with Gasteiger partial charge in [0.25, 0.3) is 0 Å². The van der Waals surface area contributed by atoms with Crippen LogP contribution in [0.3, 0.4) is 0 Å². The van der Waals surface area contributed by atoms with Gasteiger partial charge in [0.2, 0.25) is 5.91 Å². The molecule has 7 heteroatoms. The van der Waals surface area contributed by atoms with Crippen molar-refractivity contribution in [1.82, 2.24) is 10.3 Å². The molecule has 0 aliphatic carbocycles. The summed E-state index contributed by atoms with van der Waals surface area (Å²) in [6.07, 6.45) is 2.66. The summed E-state index contributed by atoms with van der Waals surface area (Å²) < 4.78 is 0. The molecule has 5 nitrogen and oxygen atoms in total. The van der Waals surface area contributed by atoms with E-state index in [4.69, 9.17) is 0 Å². The van der Waals surface area contributed by atoms with E-state index in [0.29, 0.717) is 5.82 Å². The monoisotopic (exact) mass is 306 g/mol. The van der Waals surface area contributed by atoms with Crippen LogP contribution in [0.4, 0.5) is 11.5 Å². The summed E-state index contributed by atoms with van der Waals surface area (Å²) in [5.74, 6) is 0.748. The average molecular weight is 307 g/mol. The van der Waals surface area contributed by atoms with Crippen LogP contribution in [0, 0.1) is 5.92 Å². The van der Waals surface area contributed by atoms with E-state index in [-0.39, 0.29) is 36.6 Å². The number of halogens is 2. The van der Waals surface area contributed by atoms with Crippen molar-refractivity contribution < 1.29 is 4.79 Å². The quantitative estimate of drug-likeness (QED) is 0.889. The van der Waals surface area contributed by atoms with Crippen molar-refractivity contribution in [2.75, 3.05) is 37.4 Å². The molecule has 1 unspecified atom stereocenters. The molecule has 1 aliphatic heterocycles. The van der Waals surface area contributed by atoms with Gasteiger partial charge >= 0.3 is 0 Å². The number of nitrogens with one attached hydrogen (secondary N) is 2. The Bertz CT molecular complexity index is 391. The van der Waals surface area contributed by atoms with Crippen molar-refractivity contribution in [2.24, 2.45) is 5.92 Å². The minimum absolute atomic E-state index is 0. The van der Waals surface area contributed by atoms with Crippen LogP contribution in [0.5, 0.6) is 0 Å². The molecule has 1 aliphatic rings. The Balaban J connectivity index is 0.00000162. The number of pyridine rings is 1. The molecule has 108 valence electrons. The molecule has 1 saturated heterocycles. The molecule has 19 heavy (non-hydrogen) atoms. The van der Waals surface area contributed by atoms with Gasteiger partial charge in [-0.3, -0.25) is 4.79 Å². The second kappa shape index (κ2) is 8.19. The summed E-state index contributed by atoms with van der Waals surface area (Å²) in [6, 6.07) is 3.77. The van der Waals surface area contributed by atoms with Gasteiger partial charge in [0.05, 0.1) is 17.8 Å². The van der Waals surface area contributed by atoms with Crippen LogP contribution >= 0.6 is 24.8 Å². The van der Waals surface area contributed by atoms with E-state index < -0.39 is 0 Å². The fraction of sp³-hybridized carbons (Fsp3) is 0.500. The minimum Gasteiger partial charge on any atom is -0.376 e. The van der Waals surface area contributed by atoms with Crippen molar-refractivity contribution in [3.05, 3.63) is 18.3 Å². The van der Waals surface area contributed by atoms with Crippen molar-refractivity contribution in [1.29, 1.82) is 0 Å². The Morgan fingerprint density at radius 2 is 2.16 bits per heavy atom. The highest BCUT2D eigenvalue weighted by atomic mass is 35.5. The molecule has 1 atom stereocenters. The van der Waals surface area contributed by atoms with Crippen molar-refractivity contribution in [3.63, 3.8) is 0 Å². The number of anilines is 2. The van der Waals surface area contributed by atoms with Crippen molar-refractivity contribution in [3.8, 4) is 0 Å². The van der Waals surface area contributed by atoms with E-state index in [2.05, 4.69) is 15.6 Å². The number of amides is 1. The highest BCUT2D eigenvalue weighted by molar-refractivity contribution is 5.92. The third-order valence-electron chi connectivity index (χ3n) is 2.95. The molecule has 1 aromatic rings. The first kappa shape index (κ1) is 18.0. The minimum atomic E-state index is 0. The summed E-state index contributed by atoms with van der Waals surface area (Å²) in [6.45, 7) is 1.69. The summed E-state index contributed by atoms with van der Waals surface area (Å²) in [5.41, 5.74) is 1.02. The lowest BCUT2D eigenvalue weighted by molar-refractivity contribution is -0.119. The number of hydrogen-bond donors (Lipinski definition) is 2. The van der Waals surface area contributed by atoms with Crippen LogP contribution < -0.4 is 15.5 Å². The van der Waals surface area contributed by atoms with Gasteiger partial charge in [-0.1, -0.05) is 0 Å².